The second-order valence-electron chi connectivity index (χ2n) is 3.62. The smallest absolute Gasteiger partial charge is 0.292 e. The van der Waals surface area contributed by atoms with Gasteiger partial charge in [0.05, 0.1) is 12.1 Å². The van der Waals surface area contributed by atoms with E-state index in [0.29, 0.717) is 18.2 Å². The lowest BCUT2D eigenvalue weighted by Gasteiger charge is -2.01. The van der Waals surface area contributed by atoms with Gasteiger partial charge in [-0.2, -0.15) is 5.10 Å². The fourth-order valence-corrected chi connectivity index (χ4v) is 1.56. The molecule has 0 bridgehead atoms. The van der Waals surface area contributed by atoms with Gasteiger partial charge in [0, 0.05) is 12.3 Å². The quantitative estimate of drug-likeness (QED) is 0.491. The van der Waals surface area contributed by atoms with E-state index >= 15 is 0 Å². The highest BCUT2D eigenvalue weighted by Crippen LogP contribution is 2.14. The van der Waals surface area contributed by atoms with Crippen molar-refractivity contribution in [1.82, 2.24) is 15.6 Å². The number of aromatic amines is 1. The summed E-state index contributed by atoms with van der Waals surface area (Å²) in [5.74, 6) is 0.0391. The first-order chi connectivity index (χ1) is 8.72. The number of nitrogens with zero attached hydrogens (tertiary/aromatic N) is 2. The number of benzene rings is 1. The highest BCUT2D eigenvalue weighted by atomic mass is 16.5. The predicted molar refractivity (Wildman–Crippen MR) is 68.3 cm³/mol. The molecular formula is C12H14N4O2. The standard InChI is InChI=1S/C12H14N4O2/c1-3-18-8(2)13-16-12(17)11-9-6-4-5-7-10(9)14-15-11/h4-7H,3H2,1-2H3,(H,14,15)(H,16,17)/b13-8-. The average molecular weight is 246 g/mol. The topological polar surface area (TPSA) is 79.4 Å². The van der Waals surface area contributed by atoms with Gasteiger partial charge in [0.2, 0.25) is 5.90 Å². The molecular weight excluding hydrogens is 232 g/mol. The molecule has 0 spiro atoms. The van der Waals surface area contributed by atoms with Crippen molar-refractivity contribution in [3.8, 4) is 0 Å². The minimum atomic E-state index is -0.369. The molecule has 94 valence electrons. The number of amides is 1. The van der Waals surface area contributed by atoms with Crippen LogP contribution in [-0.4, -0.2) is 28.6 Å². The largest absolute Gasteiger partial charge is 0.480 e. The van der Waals surface area contributed by atoms with Crippen LogP contribution < -0.4 is 5.43 Å². The number of rotatable bonds is 3. The lowest BCUT2D eigenvalue weighted by Crippen LogP contribution is -2.20. The van der Waals surface area contributed by atoms with Gasteiger partial charge < -0.3 is 4.74 Å². The number of carbonyl (C=O) groups is 1. The van der Waals surface area contributed by atoms with Crippen LogP contribution in [0.15, 0.2) is 29.4 Å². The monoisotopic (exact) mass is 246 g/mol. The van der Waals surface area contributed by atoms with E-state index in [1.165, 1.54) is 0 Å². The molecule has 2 aromatic rings. The van der Waals surface area contributed by atoms with Crippen LogP contribution in [0.3, 0.4) is 0 Å². The van der Waals surface area contributed by atoms with Crippen molar-refractivity contribution in [2.45, 2.75) is 13.8 Å². The minimum absolute atomic E-state index is 0.318. The van der Waals surface area contributed by atoms with Crippen molar-refractivity contribution in [3.05, 3.63) is 30.0 Å². The maximum atomic E-state index is 11.9. The van der Waals surface area contributed by atoms with Crippen LogP contribution in [0.2, 0.25) is 0 Å². The van der Waals surface area contributed by atoms with Crippen LogP contribution in [0.4, 0.5) is 0 Å². The number of aromatic nitrogens is 2. The van der Waals surface area contributed by atoms with E-state index in [1.807, 2.05) is 31.2 Å². The lowest BCUT2D eigenvalue weighted by atomic mass is 10.2. The van der Waals surface area contributed by atoms with Crippen molar-refractivity contribution < 1.29 is 9.53 Å². The number of carbonyl (C=O) groups excluding carboxylic acids is 1. The predicted octanol–water partition coefficient (Wildman–Crippen LogP) is 1.66. The van der Waals surface area contributed by atoms with Gasteiger partial charge in [-0.15, -0.1) is 5.10 Å². The van der Waals surface area contributed by atoms with Gasteiger partial charge in [-0.05, 0) is 13.0 Å². The van der Waals surface area contributed by atoms with E-state index in [-0.39, 0.29) is 5.91 Å². The number of H-pyrrole nitrogens is 1. The Morgan fingerprint density at radius 2 is 2.28 bits per heavy atom. The number of para-hydroxylation sites is 1. The third kappa shape index (κ3) is 2.48. The Morgan fingerprint density at radius 3 is 3.06 bits per heavy atom. The first-order valence-electron chi connectivity index (χ1n) is 5.63. The highest BCUT2D eigenvalue weighted by molar-refractivity contribution is 6.04. The summed E-state index contributed by atoms with van der Waals surface area (Å²) >= 11 is 0. The van der Waals surface area contributed by atoms with Gasteiger partial charge in [0.15, 0.2) is 5.69 Å². The molecule has 0 radical (unpaired) electrons. The molecule has 1 amide bonds. The molecule has 0 aliphatic heterocycles. The second kappa shape index (κ2) is 5.31. The Bertz CT molecular complexity index is 589. The molecule has 0 aliphatic rings. The van der Waals surface area contributed by atoms with Gasteiger partial charge in [-0.3, -0.25) is 9.89 Å². The Labute approximate surface area is 104 Å². The molecule has 2 rings (SSSR count). The van der Waals surface area contributed by atoms with Crippen LogP contribution in [0.1, 0.15) is 24.3 Å². The molecule has 0 saturated heterocycles. The summed E-state index contributed by atoms with van der Waals surface area (Å²) in [5, 5.41) is 11.3. The van der Waals surface area contributed by atoms with Crippen LogP contribution in [0.5, 0.6) is 0 Å². The molecule has 0 aliphatic carbocycles. The van der Waals surface area contributed by atoms with E-state index in [4.69, 9.17) is 4.74 Å². The van der Waals surface area contributed by atoms with Crippen molar-refractivity contribution in [2.24, 2.45) is 5.10 Å². The zero-order valence-electron chi connectivity index (χ0n) is 10.2. The molecule has 1 aromatic heterocycles. The molecule has 2 N–H and O–H groups in total. The second-order valence-corrected chi connectivity index (χ2v) is 3.62. The van der Waals surface area contributed by atoms with Crippen molar-refractivity contribution in [2.75, 3.05) is 6.61 Å². The summed E-state index contributed by atoms with van der Waals surface area (Å²) in [4.78, 5) is 11.9. The summed E-state index contributed by atoms with van der Waals surface area (Å²) in [6, 6.07) is 7.41. The Kier molecular flexibility index (Phi) is 3.57. The molecule has 1 heterocycles. The average Bonchev–Trinajstić information content (AvgIpc) is 2.80. The van der Waals surface area contributed by atoms with Gasteiger partial charge in [0.1, 0.15) is 0 Å². The van der Waals surface area contributed by atoms with Crippen molar-refractivity contribution in [3.63, 3.8) is 0 Å². The van der Waals surface area contributed by atoms with Gasteiger partial charge in [-0.25, -0.2) is 5.43 Å². The summed E-state index contributed by atoms with van der Waals surface area (Å²) in [6.45, 7) is 4.03. The van der Waals surface area contributed by atoms with Crippen molar-refractivity contribution in [1.29, 1.82) is 0 Å². The molecule has 0 fully saturated rings. The molecule has 18 heavy (non-hydrogen) atoms. The lowest BCUT2D eigenvalue weighted by molar-refractivity contribution is 0.0949. The number of fused-ring (bicyclic) bond motifs is 1. The third-order valence-electron chi connectivity index (χ3n) is 2.35. The Hall–Kier alpha value is -2.37. The van der Waals surface area contributed by atoms with Crippen LogP contribution in [-0.2, 0) is 4.74 Å². The number of hydrogen-bond donors (Lipinski definition) is 2. The fraction of sp³-hybridized carbons (Fsp3) is 0.250. The number of nitrogens with one attached hydrogen (secondary N) is 2. The first-order valence-corrected chi connectivity index (χ1v) is 5.63. The number of ether oxygens (including phenoxy) is 1. The molecule has 0 atom stereocenters. The van der Waals surface area contributed by atoms with E-state index in [0.717, 1.165) is 10.9 Å². The Morgan fingerprint density at radius 1 is 1.50 bits per heavy atom. The van der Waals surface area contributed by atoms with Crippen molar-refractivity contribution >= 4 is 22.7 Å². The van der Waals surface area contributed by atoms with Crippen LogP contribution >= 0.6 is 0 Å². The minimum Gasteiger partial charge on any atom is -0.480 e. The molecule has 6 heteroatoms. The Balaban J connectivity index is 2.17. The summed E-state index contributed by atoms with van der Waals surface area (Å²) in [5.41, 5.74) is 3.53. The normalized spacial score (nSPS) is 11.6. The van der Waals surface area contributed by atoms with E-state index in [9.17, 15) is 4.79 Å². The van der Waals surface area contributed by atoms with Crippen LogP contribution in [0, 0.1) is 0 Å². The SMILES string of the molecule is CCO/C(C)=N\NC(=O)c1n[nH]c2ccccc12. The highest BCUT2D eigenvalue weighted by Gasteiger charge is 2.12. The van der Waals surface area contributed by atoms with E-state index in [2.05, 4.69) is 20.7 Å². The maximum absolute atomic E-state index is 11.9. The maximum Gasteiger partial charge on any atom is 0.292 e. The zero-order chi connectivity index (χ0) is 13.0. The molecule has 0 saturated carbocycles. The van der Waals surface area contributed by atoms with E-state index in [1.54, 1.807) is 6.92 Å². The summed E-state index contributed by atoms with van der Waals surface area (Å²) in [6.07, 6.45) is 0. The molecule has 1 aromatic carbocycles. The third-order valence-corrected chi connectivity index (χ3v) is 2.35. The first kappa shape index (κ1) is 12.1. The molecule has 6 nitrogen and oxygen atoms in total. The van der Waals surface area contributed by atoms with Crippen LogP contribution in [0.25, 0.3) is 10.9 Å². The van der Waals surface area contributed by atoms with E-state index < -0.39 is 0 Å². The van der Waals surface area contributed by atoms with Gasteiger partial charge in [-0.1, -0.05) is 18.2 Å². The summed E-state index contributed by atoms with van der Waals surface area (Å²) in [7, 11) is 0. The summed E-state index contributed by atoms with van der Waals surface area (Å²) < 4.78 is 5.10. The van der Waals surface area contributed by atoms with Gasteiger partial charge >= 0.3 is 0 Å². The molecule has 0 unspecified atom stereocenters. The number of hydrazone groups is 1. The van der Waals surface area contributed by atoms with Gasteiger partial charge in [0.25, 0.3) is 5.91 Å². The fourth-order valence-electron chi connectivity index (χ4n) is 1.56. The zero-order valence-corrected chi connectivity index (χ0v) is 10.2. The number of hydrogen-bond acceptors (Lipinski definition) is 4.